The van der Waals surface area contributed by atoms with Crippen LogP contribution in [-0.2, 0) is 9.59 Å². The topological polar surface area (TPSA) is 86.6 Å². The third-order valence-corrected chi connectivity index (χ3v) is 3.39. The molecular weight excluding hydrogens is 242 g/mol. The molecule has 2 atom stereocenters. The van der Waals surface area contributed by atoms with E-state index in [1.54, 1.807) is 18.7 Å². The van der Waals surface area contributed by atoms with Crippen LogP contribution in [0.25, 0.3) is 0 Å². The van der Waals surface area contributed by atoms with Gasteiger partial charge in [-0.05, 0) is 25.1 Å². The minimum Gasteiger partial charge on any atom is -0.481 e. The van der Waals surface area contributed by atoms with Gasteiger partial charge in [0.1, 0.15) is 6.04 Å². The van der Waals surface area contributed by atoms with Crippen LogP contribution in [0.3, 0.4) is 0 Å². The summed E-state index contributed by atoms with van der Waals surface area (Å²) in [6.45, 7) is 4.18. The van der Waals surface area contributed by atoms with Gasteiger partial charge in [-0.3, -0.25) is 9.59 Å². The van der Waals surface area contributed by atoms with Gasteiger partial charge in [-0.25, -0.2) is 0 Å². The molecule has 0 aliphatic carbocycles. The van der Waals surface area contributed by atoms with Crippen LogP contribution in [0.15, 0.2) is 0 Å². The minimum absolute atomic E-state index is 0.370. The SMILES string of the molecule is CCSCC(NCCCC(C)C(=O)O)C(=O)O. The summed E-state index contributed by atoms with van der Waals surface area (Å²) in [6.07, 6.45) is 1.24. The molecule has 0 radical (unpaired) electrons. The molecule has 6 heteroatoms. The van der Waals surface area contributed by atoms with Gasteiger partial charge in [0, 0.05) is 5.75 Å². The monoisotopic (exact) mass is 263 g/mol. The number of hydrogen-bond donors (Lipinski definition) is 3. The Bertz CT molecular complexity index is 248. The van der Waals surface area contributed by atoms with Gasteiger partial charge < -0.3 is 15.5 Å². The molecule has 3 N–H and O–H groups in total. The summed E-state index contributed by atoms with van der Waals surface area (Å²) in [4.78, 5) is 21.4. The largest absolute Gasteiger partial charge is 0.481 e. The lowest BCUT2D eigenvalue weighted by Gasteiger charge is -2.14. The standard InChI is InChI=1S/C11H21NO4S/c1-3-17-7-9(11(15)16)12-6-4-5-8(2)10(13)14/h8-9,12H,3-7H2,1-2H3,(H,13,14)(H,15,16). The molecule has 2 unspecified atom stereocenters. The highest BCUT2D eigenvalue weighted by molar-refractivity contribution is 7.99. The van der Waals surface area contributed by atoms with Gasteiger partial charge >= 0.3 is 11.9 Å². The second-order valence-electron chi connectivity index (χ2n) is 3.89. The van der Waals surface area contributed by atoms with Crippen LogP contribution >= 0.6 is 11.8 Å². The Hall–Kier alpha value is -0.750. The summed E-state index contributed by atoms with van der Waals surface area (Å²) in [7, 11) is 0. The lowest BCUT2D eigenvalue weighted by Crippen LogP contribution is -2.39. The van der Waals surface area contributed by atoms with Gasteiger partial charge in [0.2, 0.25) is 0 Å². The maximum absolute atomic E-state index is 10.9. The average Bonchev–Trinajstić information content (AvgIpc) is 2.27. The quantitative estimate of drug-likeness (QED) is 0.515. The van der Waals surface area contributed by atoms with Crippen molar-refractivity contribution in [2.75, 3.05) is 18.1 Å². The molecule has 0 fully saturated rings. The molecule has 17 heavy (non-hydrogen) atoms. The molecule has 5 nitrogen and oxygen atoms in total. The second-order valence-corrected chi connectivity index (χ2v) is 5.20. The first-order valence-electron chi connectivity index (χ1n) is 5.75. The number of thioether (sulfide) groups is 1. The third kappa shape index (κ3) is 8.04. The van der Waals surface area contributed by atoms with E-state index in [1.807, 2.05) is 6.92 Å². The molecule has 0 aliphatic heterocycles. The summed E-state index contributed by atoms with van der Waals surface area (Å²) in [5.41, 5.74) is 0. The normalized spacial score (nSPS) is 14.2. The smallest absolute Gasteiger partial charge is 0.321 e. The van der Waals surface area contributed by atoms with Crippen molar-refractivity contribution < 1.29 is 19.8 Å². The Labute approximate surface area is 106 Å². The van der Waals surface area contributed by atoms with E-state index in [-0.39, 0.29) is 5.92 Å². The zero-order chi connectivity index (χ0) is 13.3. The second kappa shape index (κ2) is 9.30. The Balaban J connectivity index is 3.75. The van der Waals surface area contributed by atoms with Crippen molar-refractivity contribution in [3.63, 3.8) is 0 Å². The van der Waals surface area contributed by atoms with Gasteiger partial charge in [0.05, 0.1) is 5.92 Å². The van der Waals surface area contributed by atoms with Crippen LogP contribution in [0.1, 0.15) is 26.7 Å². The van der Waals surface area contributed by atoms with Crippen LogP contribution in [-0.4, -0.2) is 46.2 Å². The van der Waals surface area contributed by atoms with Crippen molar-refractivity contribution in [3.8, 4) is 0 Å². The maximum atomic E-state index is 10.9. The third-order valence-electron chi connectivity index (χ3n) is 2.41. The van der Waals surface area contributed by atoms with Gasteiger partial charge in [-0.2, -0.15) is 11.8 Å². The molecular formula is C11H21NO4S. The van der Waals surface area contributed by atoms with E-state index in [4.69, 9.17) is 10.2 Å². The lowest BCUT2D eigenvalue weighted by atomic mass is 10.1. The van der Waals surface area contributed by atoms with Crippen LogP contribution in [0.2, 0.25) is 0 Å². The van der Waals surface area contributed by atoms with Crippen LogP contribution in [0.5, 0.6) is 0 Å². The van der Waals surface area contributed by atoms with Crippen molar-refractivity contribution in [1.82, 2.24) is 5.32 Å². The Morgan fingerprint density at radius 3 is 2.41 bits per heavy atom. The first-order valence-corrected chi connectivity index (χ1v) is 6.91. The molecule has 0 spiro atoms. The lowest BCUT2D eigenvalue weighted by molar-refractivity contribution is -0.141. The van der Waals surface area contributed by atoms with E-state index >= 15 is 0 Å². The fourth-order valence-corrected chi connectivity index (χ4v) is 1.99. The Morgan fingerprint density at radius 1 is 1.29 bits per heavy atom. The summed E-state index contributed by atoms with van der Waals surface area (Å²) in [5, 5.41) is 20.5. The van der Waals surface area contributed by atoms with Crippen LogP contribution < -0.4 is 5.32 Å². The van der Waals surface area contributed by atoms with E-state index < -0.39 is 18.0 Å². The van der Waals surface area contributed by atoms with Crippen LogP contribution in [0.4, 0.5) is 0 Å². The number of carboxylic acids is 2. The first-order chi connectivity index (χ1) is 7.99. The zero-order valence-corrected chi connectivity index (χ0v) is 11.1. The fourth-order valence-electron chi connectivity index (χ4n) is 1.26. The van der Waals surface area contributed by atoms with Crippen molar-refractivity contribution in [2.24, 2.45) is 5.92 Å². The summed E-state index contributed by atoms with van der Waals surface area (Å²) < 4.78 is 0. The molecule has 0 saturated heterocycles. The number of rotatable bonds is 10. The predicted octanol–water partition coefficient (Wildman–Crippen LogP) is 1.28. The molecule has 0 rings (SSSR count). The zero-order valence-electron chi connectivity index (χ0n) is 10.3. The van der Waals surface area contributed by atoms with E-state index in [9.17, 15) is 9.59 Å². The summed E-state index contributed by atoms with van der Waals surface area (Å²) in [6, 6.07) is -0.542. The molecule has 0 saturated carbocycles. The number of carbonyl (C=O) groups is 2. The highest BCUT2D eigenvalue weighted by Gasteiger charge is 2.16. The first kappa shape index (κ1) is 16.2. The van der Waals surface area contributed by atoms with Crippen LogP contribution in [0, 0.1) is 5.92 Å². The van der Waals surface area contributed by atoms with E-state index in [0.29, 0.717) is 25.1 Å². The number of aliphatic carboxylic acids is 2. The van der Waals surface area contributed by atoms with Gasteiger partial charge in [0.25, 0.3) is 0 Å². The van der Waals surface area contributed by atoms with E-state index in [2.05, 4.69) is 5.32 Å². The van der Waals surface area contributed by atoms with Gasteiger partial charge in [-0.1, -0.05) is 13.8 Å². The highest BCUT2D eigenvalue weighted by atomic mass is 32.2. The molecule has 0 aliphatic rings. The molecule has 0 heterocycles. The van der Waals surface area contributed by atoms with Crippen molar-refractivity contribution in [3.05, 3.63) is 0 Å². The van der Waals surface area contributed by atoms with E-state index in [1.165, 1.54) is 0 Å². The summed E-state index contributed by atoms with van der Waals surface area (Å²) >= 11 is 1.58. The molecule has 0 aromatic rings. The Morgan fingerprint density at radius 2 is 1.94 bits per heavy atom. The molecule has 0 aromatic heterocycles. The number of hydrogen-bond acceptors (Lipinski definition) is 4. The molecule has 0 aromatic carbocycles. The van der Waals surface area contributed by atoms with Gasteiger partial charge in [-0.15, -0.1) is 0 Å². The fraction of sp³-hybridized carbons (Fsp3) is 0.818. The Kier molecular flexibility index (Phi) is 8.89. The van der Waals surface area contributed by atoms with Gasteiger partial charge in [0.15, 0.2) is 0 Å². The van der Waals surface area contributed by atoms with Crippen molar-refractivity contribution in [2.45, 2.75) is 32.7 Å². The van der Waals surface area contributed by atoms with E-state index in [0.717, 1.165) is 5.75 Å². The maximum Gasteiger partial charge on any atom is 0.321 e. The minimum atomic E-state index is -0.850. The number of nitrogens with one attached hydrogen (secondary N) is 1. The predicted molar refractivity (Wildman–Crippen MR) is 68.5 cm³/mol. The van der Waals surface area contributed by atoms with Crippen molar-refractivity contribution >= 4 is 23.7 Å². The highest BCUT2D eigenvalue weighted by Crippen LogP contribution is 2.06. The molecule has 0 bridgehead atoms. The molecule has 0 amide bonds. The molecule has 100 valence electrons. The summed E-state index contributed by atoms with van der Waals surface area (Å²) in [5.74, 6) is -0.592. The average molecular weight is 263 g/mol. The van der Waals surface area contributed by atoms with Crippen molar-refractivity contribution in [1.29, 1.82) is 0 Å². The number of carboxylic acid groups (broad SMARTS) is 2.